The second-order valence-electron chi connectivity index (χ2n) is 7.13. The lowest BCUT2D eigenvalue weighted by Gasteiger charge is -2.16. The topological polar surface area (TPSA) is 81.4 Å². The van der Waals surface area contributed by atoms with Gasteiger partial charge in [-0.3, -0.25) is 9.59 Å². The standard InChI is InChI=1S/C25H26N2O3/c26-25(29)23(27-24(28)16-13-19-7-3-1-4-8-19)17-20-11-14-22(15-12-20)30-18-21-9-5-2-6-10-21/h1-12,14-15,23H,13,16-18H2,(H2,26,29)(H,27,28)/t23-/m0/s1. The molecule has 3 aromatic rings. The number of rotatable bonds is 10. The molecule has 0 aliphatic carbocycles. The molecule has 5 heteroatoms. The minimum absolute atomic E-state index is 0.189. The van der Waals surface area contributed by atoms with Gasteiger partial charge in [0.05, 0.1) is 0 Å². The third-order valence-corrected chi connectivity index (χ3v) is 4.77. The molecule has 0 aliphatic rings. The first-order valence-corrected chi connectivity index (χ1v) is 9.98. The van der Waals surface area contributed by atoms with Gasteiger partial charge in [0, 0.05) is 12.8 Å². The van der Waals surface area contributed by atoms with Gasteiger partial charge in [0.15, 0.2) is 0 Å². The van der Waals surface area contributed by atoms with E-state index in [4.69, 9.17) is 10.5 Å². The largest absolute Gasteiger partial charge is 0.489 e. The molecule has 1 atom stereocenters. The average molecular weight is 402 g/mol. The quantitative estimate of drug-likeness (QED) is 0.545. The van der Waals surface area contributed by atoms with E-state index in [-0.39, 0.29) is 5.91 Å². The predicted octanol–water partition coefficient (Wildman–Crippen LogP) is 3.41. The minimum Gasteiger partial charge on any atom is -0.489 e. The number of benzene rings is 3. The molecule has 0 saturated heterocycles. The van der Waals surface area contributed by atoms with Crippen molar-refractivity contribution in [3.05, 3.63) is 102 Å². The third-order valence-electron chi connectivity index (χ3n) is 4.77. The van der Waals surface area contributed by atoms with E-state index >= 15 is 0 Å². The van der Waals surface area contributed by atoms with Crippen molar-refractivity contribution in [2.75, 3.05) is 0 Å². The van der Waals surface area contributed by atoms with Crippen LogP contribution in [0.15, 0.2) is 84.9 Å². The summed E-state index contributed by atoms with van der Waals surface area (Å²) in [6, 6.07) is 26.4. The number of amides is 2. The zero-order valence-corrected chi connectivity index (χ0v) is 16.8. The molecule has 0 unspecified atom stereocenters. The molecule has 3 aromatic carbocycles. The highest BCUT2D eigenvalue weighted by molar-refractivity contribution is 5.86. The lowest BCUT2D eigenvalue weighted by Crippen LogP contribution is -2.45. The van der Waals surface area contributed by atoms with Crippen molar-refractivity contribution < 1.29 is 14.3 Å². The molecule has 3 N–H and O–H groups in total. The number of hydrogen-bond donors (Lipinski definition) is 2. The Bertz CT molecular complexity index is 941. The van der Waals surface area contributed by atoms with Crippen LogP contribution in [-0.4, -0.2) is 17.9 Å². The first-order chi connectivity index (χ1) is 14.6. The Balaban J connectivity index is 1.50. The Morgan fingerprint density at radius 3 is 2.00 bits per heavy atom. The molecule has 5 nitrogen and oxygen atoms in total. The first-order valence-electron chi connectivity index (χ1n) is 9.98. The minimum atomic E-state index is -0.746. The number of aryl methyl sites for hydroxylation is 1. The fourth-order valence-corrected chi connectivity index (χ4v) is 3.09. The summed E-state index contributed by atoms with van der Waals surface area (Å²) in [6.45, 7) is 0.488. The summed E-state index contributed by atoms with van der Waals surface area (Å²) in [5.41, 5.74) is 8.57. The van der Waals surface area contributed by atoms with Gasteiger partial charge in [0.2, 0.25) is 11.8 Å². The summed E-state index contributed by atoms with van der Waals surface area (Å²) in [6.07, 6.45) is 1.26. The summed E-state index contributed by atoms with van der Waals surface area (Å²) in [7, 11) is 0. The smallest absolute Gasteiger partial charge is 0.240 e. The Kier molecular flexibility index (Phi) is 7.61. The maximum atomic E-state index is 12.3. The van der Waals surface area contributed by atoms with Crippen molar-refractivity contribution in [2.45, 2.75) is 31.9 Å². The highest BCUT2D eigenvalue weighted by Gasteiger charge is 2.18. The fraction of sp³-hybridized carbons (Fsp3) is 0.200. The molecule has 0 bridgehead atoms. The van der Waals surface area contributed by atoms with E-state index < -0.39 is 11.9 Å². The molecule has 0 heterocycles. The van der Waals surface area contributed by atoms with Gasteiger partial charge >= 0.3 is 0 Å². The molecule has 0 aliphatic heterocycles. The Hall–Kier alpha value is -3.60. The van der Waals surface area contributed by atoms with E-state index in [9.17, 15) is 9.59 Å². The first kappa shape index (κ1) is 21.1. The lowest BCUT2D eigenvalue weighted by molar-refractivity contribution is -0.127. The van der Waals surface area contributed by atoms with Crippen LogP contribution in [0.4, 0.5) is 0 Å². The van der Waals surface area contributed by atoms with Gasteiger partial charge in [-0.2, -0.15) is 0 Å². The van der Waals surface area contributed by atoms with Crippen molar-refractivity contribution in [3.8, 4) is 5.75 Å². The van der Waals surface area contributed by atoms with Crippen LogP contribution in [0.5, 0.6) is 5.75 Å². The number of nitrogens with one attached hydrogen (secondary N) is 1. The fourth-order valence-electron chi connectivity index (χ4n) is 3.09. The SMILES string of the molecule is NC(=O)[C@H](Cc1ccc(OCc2ccccc2)cc1)NC(=O)CCc1ccccc1. The van der Waals surface area contributed by atoms with E-state index in [2.05, 4.69) is 5.32 Å². The highest BCUT2D eigenvalue weighted by atomic mass is 16.5. The van der Waals surface area contributed by atoms with Crippen LogP contribution in [0.2, 0.25) is 0 Å². The van der Waals surface area contributed by atoms with E-state index in [1.807, 2.05) is 84.9 Å². The molecule has 3 rings (SSSR count). The Morgan fingerprint density at radius 2 is 1.40 bits per heavy atom. The Labute approximate surface area is 176 Å². The number of carbonyl (C=O) groups excluding carboxylic acids is 2. The summed E-state index contributed by atoms with van der Waals surface area (Å²) < 4.78 is 5.78. The number of ether oxygens (including phenoxy) is 1. The van der Waals surface area contributed by atoms with E-state index in [1.165, 1.54) is 0 Å². The number of carbonyl (C=O) groups is 2. The summed E-state index contributed by atoms with van der Waals surface area (Å²) in [5, 5.41) is 2.75. The monoisotopic (exact) mass is 402 g/mol. The van der Waals surface area contributed by atoms with Crippen LogP contribution >= 0.6 is 0 Å². The molecular formula is C25H26N2O3. The van der Waals surface area contributed by atoms with Crippen LogP contribution in [0.25, 0.3) is 0 Å². The van der Waals surface area contributed by atoms with Gasteiger partial charge in [-0.1, -0.05) is 72.8 Å². The molecular weight excluding hydrogens is 376 g/mol. The van der Waals surface area contributed by atoms with E-state index in [1.54, 1.807) is 0 Å². The van der Waals surface area contributed by atoms with Gasteiger partial charge in [-0.15, -0.1) is 0 Å². The average Bonchev–Trinajstić information content (AvgIpc) is 2.78. The maximum absolute atomic E-state index is 12.3. The number of primary amides is 1. The van der Waals surface area contributed by atoms with Gasteiger partial charge in [0.1, 0.15) is 18.4 Å². The van der Waals surface area contributed by atoms with Gasteiger partial charge in [-0.05, 0) is 35.2 Å². The molecule has 2 amide bonds. The summed E-state index contributed by atoms with van der Waals surface area (Å²) in [4.78, 5) is 24.1. The maximum Gasteiger partial charge on any atom is 0.240 e. The van der Waals surface area contributed by atoms with Crippen LogP contribution in [0.3, 0.4) is 0 Å². The van der Waals surface area contributed by atoms with Crippen molar-refractivity contribution in [1.82, 2.24) is 5.32 Å². The zero-order chi connectivity index (χ0) is 21.2. The normalized spacial score (nSPS) is 11.5. The molecule has 0 saturated carbocycles. The van der Waals surface area contributed by atoms with Crippen molar-refractivity contribution in [2.24, 2.45) is 5.73 Å². The van der Waals surface area contributed by atoms with Crippen molar-refractivity contribution in [1.29, 1.82) is 0 Å². The van der Waals surface area contributed by atoms with Crippen LogP contribution in [0, 0.1) is 0 Å². The zero-order valence-electron chi connectivity index (χ0n) is 16.8. The highest BCUT2D eigenvalue weighted by Crippen LogP contribution is 2.15. The van der Waals surface area contributed by atoms with Crippen LogP contribution in [-0.2, 0) is 29.0 Å². The predicted molar refractivity (Wildman–Crippen MR) is 117 cm³/mol. The molecule has 30 heavy (non-hydrogen) atoms. The van der Waals surface area contributed by atoms with Gasteiger partial charge in [-0.25, -0.2) is 0 Å². The van der Waals surface area contributed by atoms with E-state index in [0.29, 0.717) is 25.9 Å². The number of nitrogens with two attached hydrogens (primary N) is 1. The second-order valence-corrected chi connectivity index (χ2v) is 7.13. The van der Waals surface area contributed by atoms with Crippen molar-refractivity contribution in [3.63, 3.8) is 0 Å². The Morgan fingerprint density at radius 1 is 0.800 bits per heavy atom. The second kappa shape index (κ2) is 10.8. The lowest BCUT2D eigenvalue weighted by atomic mass is 10.0. The molecule has 0 radical (unpaired) electrons. The van der Waals surface area contributed by atoms with Crippen molar-refractivity contribution >= 4 is 11.8 Å². The summed E-state index contributed by atoms with van der Waals surface area (Å²) in [5.74, 6) is 0.00283. The van der Waals surface area contributed by atoms with Crippen LogP contribution < -0.4 is 15.8 Å². The molecule has 0 fully saturated rings. The molecule has 0 aromatic heterocycles. The molecule has 154 valence electrons. The van der Waals surface area contributed by atoms with Gasteiger partial charge < -0.3 is 15.8 Å². The molecule has 0 spiro atoms. The number of hydrogen-bond acceptors (Lipinski definition) is 3. The van der Waals surface area contributed by atoms with Crippen LogP contribution in [0.1, 0.15) is 23.1 Å². The third kappa shape index (κ3) is 6.78. The summed E-state index contributed by atoms with van der Waals surface area (Å²) >= 11 is 0. The van der Waals surface area contributed by atoms with Gasteiger partial charge in [0.25, 0.3) is 0 Å². The van der Waals surface area contributed by atoms with E-state index in [0.717, 1.165) is 22.4 Å².